The van der Waals surface area contributed by atoms with Gasteiger partial charge >= 0.3 is 5.97 Å². The number of cyclic esters (lactones) is 1. The molecule has 0 spiro atoms. The Labute approximate surface area is 157 Å². The summed E-state index contributed by atoms with van der Waals surface area (Å²) in [6.07, 6.45) is 14.7. The van der Waals surface area contributed by atoms with Crippen LogP contribution in [0.25, 0.3) is 0 Å². The van der Waals surface area contributed by atoms with Crippen LogP contribution in [0, 0.1) is 11.8 Å². The van der Waals surface area contributed by atoms with Crippen LogP contribution in [0.1, 0.15) is 53.9 Å². The fourth-order valence-electron chi connectivity index (χ4n) is 2.68. The van der Waals surface area contributed by atoms with Crippen LogP contribution in [-0.4, -0.2) is 28.6 Å². The highest BCUT2D eigenvalue weighted by Gasteiger charge is 2.46. The molecule has 0 aromatic carbocycles. The third kappa shape index (κ3) is 7.12. The Hall–Kier alpha value is -1.94. The molecule has 0 bridgehead atoms. The predicted octanol–water partition coefficient (Wildman–Crippen LogP) is 4.31. The molecule has 144 valence electrons. The van der Waals surface area contributed by atoms with Crippen molar-refractivity contribution in [2.75, 3.05) is 0 Å². The van der Waals surface area contributed by atoms with Crippen LogP contribution in [0.3, 0.4) is 0 Å². The third-order valence-electron chi connectivity index (χ3n) is 4.64. The van der Waals surface area contributed by atoms with Gasteiger partial charge in [-0.05, 0) is 32.1 Å². The second kappa shape index (κ2) is 10.3. The van der Waals surface area contributed by atoms with Gasteiger partial charge in [0.05, 0.1) is 6.42 Å². The van der Waals surface area contributed by atoms with Gasteiger partial charge in [0.25, 0.3) is 0 Å². The molecule has 1 rings (SSSR count). The average molecular weight is 360 g/mol. The van der Waals surface area contributed by atoms with Crippen molar-refractivity contribution < 1.29 is 19.4 Å². The summed E-state index contributed by atoms with van der Waals surface area (Å²) < 4.78 is 4.99. The van der Waals surface area contributed by atoms with E-state index in [0.717, 1.165) is 12.8 Å². The molecule has 4 heteroatoms. The minimum absolute atomic E-state index is 0.0917. The van der Waals surface area contributed by atoms with Crippen molar-refractivity contribution in [2.45, 2.75) is 65.6 Å². The zero-order chi connectivity index (χ0) is 19.7. The second-order valence-corrected chi connectivity index (χ2v) is 7.48. The summed E-state index contributed by atoms with van der Waals surface area (Å²) in [5, 5.41) is 10.1. The van der Waals surface area contributed by atoms with E-state index in [2.05, 4.69) is 52.0 Å². The Morgan fingerprint density at radius 2 is 1.77 bits per heavy atom. The zero-order valence-electron chi connectivity index (χ0n) is 16.6. The molecule has 1 saturated heterocycles. The highest BCUT2D eigenvalue weighted by Crippen LogP contribution is 2.28. The summed E-state index contributed by atoms with van der Waals surface area (Å²) in [4.78, 5) is 22.5. The van der Waals surface area contributed by atoms with E-state index >= 15 is 0 Å². The first-order chi connectivity index (χ1) is 12.2. The molecule has 1 aliphatic heterocycles. The lowest BCUT2D eigenvalue weighted by Crippen LogP contribution is -2.37. The van der Waals surface area contributed by atoms with Gasteiger partial charge in [-0.2, -0.15) is 0 Å². The monoisotopic (exact) mass is 360 g/mol. The van der Waals surface area contributed by atoms with E-state index in [1.807, 2.05) is 6.08 Å². The van der Waals surface area contributed by atoms with Gasteiger partial charge in [-0.25, -0.2) is 4.79 Å². The number of Topliss-reactive ketones (excluding diaryl/α,β-unsaturated/α-hetero) is 1. The minimum atomic E-state index is -1.16. The number of carbonyl (C=O) groups excluding carboxylic acids is 2. The molecule has 0 saturated carbocycles. The van der Waals surface area contributed by atoms with Gasteiger partial charge in [0, 0.05) is 0 Å². The molecule has 1 fully saturated rings. The number of ketones is 1. The van der Waals surface area contributed by atoms with Gasteiger partial charge in [-0.15, -0.1) is 0 Å². The molecule has 0 aromatic heterocycles. The quantitative estimate of drug-likeness (QED) is 0.378. The van der Waals surface area contributed by atoms with E-state index in [1.165, 1.54) is 5.57 Å². The van der Waals surface area contributed by atoms with E-state index in [-0.39, 0.29) is 6.42 Å². The highest BCUT2D eigenvalue weighted by atomic mass is 16.6. The number of esters is 1. The number of aliphatic hydroxyl groups is 1. The van der Waals surface area contributed by atoms with Crippen LogP contribution < -0.4 is 0 Å². The van der Waals surface area contributed by atoms with Gasteiger partial charge in [0.1, 0.15) is 11.7 Å². The fourth-order valence-corrected chi connectivity index (χ4v) is 2.68. The number of allylic oxidation sites excluding steroid dienone is 7. The summed E-state index contributed by atoms with van der Waals surface area (Å²) in [6, 6.07) is 0. The lowest BCUT2D eigenvalue weighted by atomic mass is 9.94. The molecule has 1 aliphatic rings. The van der Waals surface area contributed by atoms with Crippen molar-refractivity contribution in [2.24, 2.45) is 11.8 Å². The largest absolute Gasteiger partial charge is 0.450 e. The fraction of sp³-hybridized carbons (Fsp3) is 0.545. The molecule has 1 N–H and O–H groups in total. The maximum Gasteiger partial charge on any atom is 0.375 e. The number of rotatable bonds is 9. The second-order valence-electron chi connectivity index (χ2n) is 7.48. The van der Waals surface area contributed by atoms with Crippen LogP contribution >= 0.6 is 0 Å². The van der Waals surface area contributed by atoms with Gasteiger partial charge in [0.15, 0.2) is 0 Å². The van der Waals surface area contributed by atoms with E-state index in [4.69, 9.17) is 4.74 Å². The van der Waals surface area contributed by atoms with Crippen molar-refractivity contribution in [1.82, 2.24) is 0 Å². The molecule has 0 unspecified atom stereocenters. The Morgan fingerprint density at radius 1 is 1.15 bits per heavy atom. The molecule has 26 heavy (non-hydrogen) atoms. The van der Waals surface area contributed by atoms with E-state index in [9.17, 15) is 14.7 Å². The van der Waals surface area contributed by atoms with Gasteiger partial charge in [-0.3, -0.25) is 4.79 Å². The molecule has 4 atom stereocenters. The molecule has 0 aromatic rings. The van der Waals surface area contributed by atoms with Gasteiger partial charge in [-0.1, -0.05) is 75.3 Å². The first kappa shape index (κ1) is 22.1. The molecule has 1 heterocycles. The third-order valence-corrected chi connectivity index (χ3v) is 4.64. The zero-order valence-corrected chi connectivity index (χ0v) is 16.6. The molecule has 0 amide bonds. The number of carbonyl (C=O) groups is 2. The summed E-state index contributed by atoms with van der Waals surface area (Å²) in [5.41, 5.74) is 0.153. The maximum atomic E-state index is 11.3. The van der Waals surface area contributed by atoms with Crippen LogP contribution in [0.5, 0.6) is 0 Å². The van der Waals surface area contributed by atoms with Crippen molar-refractivity contribution >= 4 is 11.8 Å². The number of hydrogen-bond acceptors (Lipinski definition) is 4. The summed E-state index contributed by atoms with van der Waals surface area (Å²) >= 11 is 0. The van der Waals surface area contributed by atoms with Crippen molar-refractivity contribution in [1.29, 1.82) is 0 Å². The first-order valence-corrected chi connectivity index (χ1v) is 9.31. The topological polar surface area (TPSA) is 63.6 Å². The van der Waals surface area contributed by atoms with Crippen LogP contribution in [-0.2, 0) is 14.3 Å². The Morgan fingerprint density at radius 3 is 2.35 bits per heavy atom. The Balaban J connectivity index is 2.48. The minimum Gasteiger partial charge on any atom is -0.450 e. The first-order valence-electron chi connectivity index (χ1n) is 9.31. The SMILES string of the molecule is CC[C@H](C)/C=C/C=C(\C)C[C@@H](C)/C=C/C=C/[C@@H](O)[C@@]1(C)CC(=O)C(=O)O1. The average Bonchev–Trinajstić information content (AvgIpc) is 2.84. The lowest BCUT2D eigenvalue weighted by Gasteiger charge is -2.25. The summed E-state index contributed by atoms with van der Waals surface area (Å²) in [6.45, 7) is 10.2. The smallest absolute Gasteiger partial charge is 0.375 e. The molecule has 0 radical (unpaired) electrons. The van der Waals surface area contributed by atoms with Gasteiger partial charge < -0.3 is 9.84 Å². The van der Waals surface area contributed by atoms with Crippen LogP contribution in [0.4, 0.5) is 0 Å². The summed E-state index contributed by atoms with van der Waals surface area (Å²) in [7, 11) is 0. The Kier molecular flexibility index (Phi) is 8.73. The molecule has 4 nitrogen and oxygen atoms in total. The number of hydrogen-bond donors (Lipinski definition) is 1. The van der Waals surface area contributed by atoms with Crippen molar-refractivity contribution in [3.63, 3.8) is 0 Å². The van der Waals surface area contributed by atoms with Crippen LogP contribution in [0.15, 0.2) is 48.1 Å². The Bertz CT molecular complexity index is 594. The van der Waals surface area contributed by atoms with E-state index in [0.29, 0.717) is 11.8 Å². The molecule has 0 aliphatic carbocycles. The predicted molar refractivity (Wildman–Crippen MR) is 105 cm³/mol. The van der Waals surface area contributed by atoms with Crippen molar-refractivity contribution in [3.8, 4) is 0 Å². The normalized spacial score (nSPS) is 25.4. The number of aliphatic hydroxyl groups excluding tert-OH is 1. The highest BCUT2D eigenvalue weighted by molar-refractivity contribution is 6.35. The number of ether oxygens (including phenoxy) is 1. The van der Waals surface area contributed by atoms with E-state index in [1.54, 1.807) is 19.1 Å². The standard InChI is InChI=1S/C22H32O4/c1-6-16(2)11-9-12-18(4)14-17(3)10-7-8-13-20(24)22(5)15-19(23)21(25)26-22/h7-13,16-17,20,24H,6,14-15H2,1-5H3/b10-7+,11-9+,13-8+,18-12+/t16-,17-,20+,22+/m0/s1. The molecular formula is C22H32O4. The van der Waals surface area contributed by atoms with Crippen molar-refractivity contribution in [3.05, 3.63) is 48.1 Å². The maximum absolute atomic E-state index is 11.3. The summed E-state index contributed by atoms with van der Waals surface area (Å²) in [5.74, 6) is -0.488. The lowest BCUT2D eigenvalue weighted by molar-refractivity contribution is -0.156. The van der Waals surface area contributed by atoms with E-state index < -0.39 is 23.5 Å². The molecular weight excluding hydrogens is 328 g/mol. The van der Waals surface area contributed by atoms with Crippen LogP contribution in [0.2, 0.25) is 0 Å². The van der Waals surface area contributed by atoms with Gasteiger partial charge in [0.2, 0.25) is 5.78 Å².